The molecule has 0 aromatic heterocycles. The molecule has 96 valence electrons. The summed E-state index contributed by atoms with van der Waals surface area (Å²) in [6, 6.07) is 4.03. The van der Waals surface area contributed by atoms with Gasteiger partial charge in [-0.25, -0.2) is 0 Å². The number of nitrogens with one attached hydrogen (secondary N) is 1. The zero-order valence-corrected chi connectivity index (χ0v) is 10.2. The second-order valence-electron chi connectivity index (χ2n) is 4.39. The maximum atomic E-state index is 11.8. The number of nitro benzene ring substituents is 1. The van der Waals surface area contributed by atoms with Crippen LogP contribution in [0, 0.1) is 10.1 Å². The van der Waals surface area contributed by atoms with E-state index >= 15 is 0 Å². The highest BCUT2D eigenvalue weighted by molar-refractivity contribution is 6.33. The average molecular weight is 270 g/mol. The second kappa shape index (κ2) is 4.55. The van der Waals surface area contributed by atoms with Gasteiger partial charge in [0.1, 0.15) is 5.02 Å². The summed E-state index contributed by atoms with van der Waals surface area (Å²) in [5, 5.41) is 13.2. The number of rotatable bonds is 3. The molecule has 6 nitrogen and oxygen atoms in total. The molecule has 1 aromatic rings. The van der Waals surface area contributed by atoms with Gasteiger partial charge in [-0.2, -0.15) is 0 Å². The Labute approximate surface area is 108 Å². The fourth-order valence-corrected chi connectivity index (χ4v) is 2.02. The van der Waals surface area contributed by atoms with Gasteiger partial charge in [0.25, 0.3) is 5.69 Å². The fourth-order valence-electron chi connectivity index (χ4n) is 1.77. The van der Waals surface area contributed by atoms with Gasteiger partial charge >= 0.3 is 0 Å². The smallest absolute Gasteiger partial charge is 0.288 e. The maximum absolute atomic E-state index is 11.8. The maximum Gasteiger partial charge on any atom is 0.288 e. The molecule has 1 aromatic carbocycles. The number of hydrogen-bond donors (Lipinski definition) is 2. The van der Waals surface area contributed by atoms with Crippen LogP contribution in [0.2, 0.25) is 5.02 Å². The van der Waals surface area contributed by atoms with Gasteiger partial charge in [0.05, 0.1) is 10.5 Å². The van der Waals surface area contributed by atoms with Crippen molar-refractivity contribution in [3.63, 3.8) is 0 Å². The molecular formula is C11H12ClN3O3. The molecule has 1 fully saturated rings. The van der Waals surface area contributed by atoms with E-state index < -0.39 is 10.5 Å². The van der Waals surface area contributed by atoms with Gasteiger partial charge in [-0.3, -0.25) is 14.9 Å². The highest BCUT2D eigenvalue weighted by Crippen LogP contribution is 2.31. The molecule has 7 heteroatoms. The van der Waals surface area contributed by atoms with E-state index in [0.29, 0.717) is 18.5 Å². The zero-order valence-electron chi connectivity index (χ0n) is 9.48. The molecule has 1 amide bonds. The van der Waals surface area contributed by atoms with E-state index in [1.165, 1.54) is 18.2 Å². The summed E-state index contributed by atoms with van der Waals surface area (Å²) in [6.07, 6.45) is 2.24. The summed E-state index contributed by atoms with van der Waals surface area (Å²) >= 11 is 5.75. The first-order valence-corrected chi connectivity index (χ1v) is 5.84. The van der Waals surface area contributed by atoms with Crippen molar-refractivity contribution >= 4 is 28.9 Å². The van der Waals surface area contributed by atoms with Crippen molar-refractivity contribution < 1.29 is 9.72 Å². The minimum Gasteiger partial charge on any atom is -0.324 e. The first-order valence-electron chi connectivity index (χ1n) is 5.47. The van der Waals surface area contributed by atoms with Crippen LogP contribution in [0.4, 0.5) is 11.4 Å². The quantitative estimate of drug-likeness (QED) is 0.648. The third-order valence-corrected chi connectivity index (χ3v) is 3.40. The Bertz CT molecular complexity index is 514. The topological polar surface area (TPSA) is 98.3 Å². The lowest BCUT2D eigenvalue weighted by Gasteiger charge is -2.36. The van der Waals surface area contributed by atoms with Crippen LogP contribution in [0.1, 0.15) is 19.3 Å². The van der Waals surface area contributed by atoms with Crippen LogP contribution in [0.15, 0.2) is 18.2 Å². The minimum absolute atomic E-state index is 0.0162. The van der Waals surface area contributed by atoms with E-state index in [4.69, 9.17) is 17.3 Å². The SMILES string of the molecule is NC1(C(=O)Nc2ccc([N+](=O)[O-])c(Cl)c2)CCC1. The van der Waals surface area contributed by atoms with Crippen molar-refractivity contribution in [2.75, 3.05) is 5.32 Å². The molecule has 18 heavy (non-hydrogen) atoms. The Kier molecular flexibility index (Phi) is 3.23. The summed E-state index contributed by atoms with van der Waals surface area (Å²) in [5.41, 5.74) is 5.26. The average Bonchev–Trinajstić information content (AvgIpc) is 2.25. The molecule has 0 bridgehead atoms. The van der Waals surface area contributed by atoms with E-state index in [-0.39, 0.29) is 16.6 Å². The number of hydrogen-bond acceptors (Lipinski definition) is 4. The molecule has 0 spiro atoms. The Morgan fingerprint density at radius 3 is 2.61 bits per heavy atom. The molecule has 2 rings (SSSR count). The molecule has 0 unspecified atom stereocenters. The summed E-state index contributed by atoms with van der Waals surface area (Å²) in [6.45, 7) is 0. The number of nitro groups is 1. The number of nitrogens with zero attached hydrogens (tertiary/aromatic N) is 1. The van der Waals surface area contributed by atoms with Gasteiger partial charge in [0, 0.05) is 11.8 Å². The highest BCUT2D eigenvalue weighted by Gasteiger charge is 2.40. The van der Waals surface area contributed by atoms with Crippen molar-refractivity contribution in [1.82, 2.24) is 0 Å². The van der Waals surface area contributed by atoms with E-state index in [2.05, 4.69) is 5.32 Å². The lowest BCUT2D eigenvalue weighted by atomic mass is 9.77. The van der Waals surface area contributed by atoms with Gasteiger partial charge in [-0.15, -0.1) is 0 Å². The molecule has 1 saturated carbocycles. The number of benzene rings is 1. The van der Waals surface area contributed by atoms with Gasteiger partial charge in [-0.05, 0) is 31.4 Å². The van der Waals surface area contributed by atoms with Crippen LogP contribution in [-0.2, 0) is 4.79 Å². The molecule has 0 heterocycles. The molecule has 1 aliphatic rings. The largest absolute Gasteiger partial charge is 0.324 e. The second-order valence-corrected chi connectivity index (χ2v) is 4.79. The zero-order chi connectivity index (χ0) is 13.3. The highest BCUT2D eigenvalue weighted by atomic mass is 35.5. The predicted molar refractivity (Wildman–Crippen MR) is 67.5 cm³/mol. The first-order chi connectivity index (χ1) is 8.42. The van der Waals surface area contributed by atoms with E-state index in [1.54, 1.807) is 0 Å². The van der Waals surface area contributed by atoms with Gasteiger partial charge in [-0.1, -0.05) is 11.6 Å². The Balaban J connectivity index is 2.13. The Morgan fingerprint density at radius 2 is 2.17 bits per heavy atom. The Morgan fingerprint density at radius 1 is 1.50 bits per heavy atom. The van der Waals surface area contributed by atoms with Crippen molar-refractivity contribution in [3.05, 3.63) is 33.3 Å². The molecule has 0 saturated heterocycles. The number of anilines is 1. The monoisotopic (exact) mass is 269 g/mol. The molecule has 1 aliphatic carbocycles. The number of carbonyl (C=O) groups is 1. The molecule has 0 aliphatic heterocycles. The third kappa shape index (κ3) is 2.30. The van der Waals surface area contributed by atoms with Gasteiger partial charge in [0.2, 0.25) is 5.91 Å². The number of nitrogens with two attached hydrogens (primary N) is 1. The lowest BCUT2D eigenvalue weighted by molar-refractivity contribution is -0.384. The van der Waals surface area contributed by atoms with Crippen LogP contribution in [0.25, 0.3) is 0 Å². The molecule has 0 atom stereocenters. The van der Waals surface area contributed by atoms with Crippen molar-refractivity contribution in [2.24, 2.45) is 5.73 Å². The van der Waals surface area contributed by atoms with Crippen LogP contribution in [0.3, 0.4) is 0 Å². The minimum atomic E-state index is -0.811. The van der Waals surface area contributed by atoms with Crippen LogP contribution >= 0.6 is 11.6 Å². The molecular weight excluding hydrogens is 258 g/mol. The first kappa shape index (κ1) is 12.8. The summed E-state index contributed by atoms with van der Waals surface area (Å²) in [5.74, 6) is -0.279. The van der Waals surface area contributed by atoms with Gasteiger partial charge < -0.3 is 11.1 Å². The van der Waals surface area contributed by atoms with Crippen LogP contribution in [-0.4, -0.2) is 16.4 Å². The third-order valence-electron chi connectivity index (χ3n) is 3.10. The summed E-state index contributed by atoms with van der Waals surface area (Å²) in [4.78, 5) is 21.8. The summed E-state index contributed by atoms with van der Waals surface area (Å²) in [7, 11) is 0. The number of amides is 1. The normalized spacial score (nSPS) is 16.8. The number of halogens is 1. The van der Waals surface area contributed by atoms with Crippen molar-refractivity contribution in [3.8, 4) is 0 Å². The predicted octanol–water partition coefficient (Wildman–Crippen LogP) is 2.07. The molecule has 0 radical (unpaired) electrons. The van der Waals surface area contributed by atoms with Crippen LogP contribution < -0.4 is 11.1 Å². The molecule has 3 N–H and O–H groups in total. The van der Waals surface area contributed by atoms with E-state index in [0.717, 1.165) is 6.42 Å². The summed E-state index contributed by atoms with van der Waals surface area (Å²) < 4.78 is 0. The number of carbonyl (C=O) groups excluding carboxylic acids is 1. The van der Waals surface area contributed by atoms with Crippen molar-refractivity contribution in [2.45, 2.75) is 24.8 Å². The van der Waals surface area contributed by atoms with E-state index in [1.807, 2.05) is 0 Å². The van der Waals surface area contributed by atoms with Crippen molar-refractivity contribution in [1.29, 1.82) is 0 Å². The van der Waals surface area contributed by atoms with Gasteiger partial charge in [0.15, 0.2) is 0 Å². The van der Waals surface area contributed by atoms with E-state index in [9.17, 15) is 14.9 Å². The standard InChI is InChI=1S/C11H12ClN3O3/c12-8-6-7(2-3-9(8)15(17)18)14-10(16)11(13)4-1-5-11/h2-3,6H,1,4-5,13H2,(H,14,16). The fraction of sp³-hybridized carbons (Fsp3) is 0.364. The lowest BCUT2D eigenvalue weighted by Crippen LogP contribution is -2.56. The Hall–Kier alpha value is -1.66. The van der Waals surface area contributed by atoms with Crippen LogP contribution in [0.5, 0.6) is 0 Å².